The molecule has 0 unspecified atom stereocenters. The van der Waals surface area contributed by atoms with Crippen LogP contribution in [0.15, 0.2) is 34.9 Å². The lowest BCUT2D eigenvalue weighted by Gasteiger charge is -1.99. The van der Waals surface area contributed by atoms with Crippen molar-refractivity contribution in [3.63, 3.8) is 0 Å². The third-order valence-electron chi connectivity index (χ3n) is 1.69. The second-order valence-electron chi connectivity index (χ2n) is 2.58. The van der Waals surface area contributed by atoms with Crippen LogP contribution in [0.25, 0.3) is 10.9 Å². The lowest BCUT2D eigenvalue weighted by molar-refractivity contribution is 1.41. The predicted molar refractivity (Wildman–Crippen MR) is 68.4 cm³/mol. The molecule has 0 atom stereocenters. The lowest BCUT2D eigenvalue weighted by Crippen LogP contribution is -1.87. The number of rotatable bonds is 0. The van der Waals surface area contributed by atoms with E-state index in [0.29, 0.717) is 5.69 Å². The molecule has 0 amide bonds. The van der Waals surface area contributed by atoms with Gasteiger partial charge >= 0.3 is 0 Å². The molecule has 14 heavy (non-hydrogen) atoms. The highest BCUT2D eigenvalue weighted by Crippen LogP contribution is 2.23. The van der Waals surface area contributed by atoms with Crippen LogP contribution in [0.5, 0.6) is 0 Å². The second kappa shape index (κ2) is 5.39. The first-order chi connectivity index (χ1) is 5.77. The minimum absolute atomic E-state index is 0. The molecule has 5 heteroatoms. The van der Waals surface area contributed by atoms with Crippen LogP contribution in [0.2, 0.25) is 0 Å². The summed E-state index contributed by atoms with van der Waals surface area (Å²) in [4.78, 5) is 4.19. The Labute approximate surface area is 103 Å². The normalized spacial score (nSPS) is 8.93. The highest BCUT2D eigenvalue weighted by molar-refractivity contribution is 9.10. The number of benzene rings is 1. The van der Waals surface area contributed by atoms with E-state index in [1.807, 2.05) is 24.3 Å². The summed E-state index contributed by atoms with van der Waals surface area (Å²) in [6.07, 6.45) is 1.66. The van der Waals surface area contributed by atoms with Crippen LogP contribution in [-0.2, 0) is 0 Å². The summed E-state index contributed by atoms with van der Waals surface area (Å²) in [6, 6.07) is 7.80. The molecule has 0 bridgehead atoms. The zero-order chi connectivity index (χ0) is 8.55. The largest absolute Gasteiger partial charge is 0.397 e. The maximum absolute atomic E-state index is 5.61. The molecule has 0 aliphatic rings. The smallest absolute Gasteiger partial charge is 0.0714 e. The Balaban J connectivity index is 0.000000845. The summed E-state index contributed by atoms with van der Waals surface area (Å²) in [7, 11) is 0. The average Bonchev–Trinajstić information content (AvgIpc) is 2.07. The van der Waals surface area contributed by atoms with Crippen LogP contribution >= 0.6 is 40.7 Å². The summed E-state index contributed by atoms with van der Waals surface area (Å²) >= 11 is 3.44. The van der Waals surface area contributed by atoms with Gasteiger partial charge in [-0.1, -0.05) is 22.0 Å². The summed E-state index contributed by atoms with van der Waals surface area (Å²) < 4.78 is 1.03. The number of nitrogen functional groups attached to an aromatic ring is 1. The lowest BCUT2D eigenvalue weighted by atomic mass is 10.2. The van der Waals surface area contributed by atoms with Crippen molar-refractivity contribution < 1.29 is 0 Å². The number of nitrogens with two attached hydrogens (primary N) is 1. The monoisotopic (exact) mass is 294 g/mol. The highest BCUT2D eigenvalue weighted by Gasteiger charge is 1.98. The van der Waals surface area contributed by atoms with E-state index in [1.165, 1.54) is 0 Å². The summed E-state index contributed by atoms with van der Waals surface area (Å²) in [5.74, 6) is 0. The fourth-order valence-electron chi connectivity index (χ4n) is 1.13. The number of pyridine rings is 1. The molecular formula is C9H9BrCl2N2. The minimum atomic E-state index is 0. The van der Waals surface area contributed by atoms with Crippen LogP contribution in [0.1, 0.15) is 0 Å². The number of fused-ring (bicyclic) bond motifs is 1. The molecule has 2 aromatic rings. The molecule has 2 rings (SSSR count). The summed E-state index contributed by atoms with van der Waals surface area (Å²) in [5.41, 5.74) is 7.26. The minimum Gasteiger partial charge on any atom is -0.397 e. The van der Waals surface area contributed by atoms with Gasteiger partial charge in [0.05, 0.1) is 17.4 Å². The van der Waals surface area contributed by atoms with E-state index in [4.69, 9.17) is 5.73 Å². The third kappa shape index (κ3) is 2.50. The third-order valence-corrected chi connectivity index (χ3v) is 2.39. The van der Waals surface area contributed by atoms with Gasteiger partial charge in [-0.3, -0.25) is 4.98 Å². The number of aromatic nitrogens is 1. The van der Waals surface area contributed by atoms with Crippen LogP contribution in [0.4, 0.5) is 5.69 Å². The molecule has 0 aliphatic carbocycles. The number of anilines is 1. The van der Waals surface area contributed by atoms with E-state index < -0.39 is 0 Å². The van der Waals surface area contributed by atoms with Gasteiger partial charge in [0.2, 0.25) is 0 Å². The molecule has 1 heterocycles. The molecule has 0 spiro atoms. The maximum Gasteiger partial charge on any atom is 0.0714 e. The fourth-order valence-corrected chi connectivity index (χ4v) is 1.60. The van der Waals surface area contributed by atoms with Gasteiger partial charge in [0, 0.05) is 9.86 Å². The van der Waals surface area contributed by atoms with Gasteiger partial charge in [0.1, 0.15) is 0 Å². The van der Waals surface area contributed by atoms with Crippen LogP contribution in [0.3, 0.4) is 0 Å². The highest BCUT2D eigenvalue weighted by atomic mass is 79.9. The zero-order valence-electron chi connectivity index (χ0n) is 7.11. The van der Waals surface area contributed by atoms with Crippen LogP contribution in [0, 0.1) is 0 Å². The average molecular weight is 296 g/mol. The Kier molecular flexibility index (Phi) is 5.19. The zero-order valence-corrected chi connectivity index (χ0v) is 10.3. The number of hydrogen-bond donors (Lipinski definition) is 1. The van der Waals surface area contributed by atoms with Crippen molar-refractivity contribution in [2.45, 2.75) is 0 Å². The Morgan fingerprint density at radius 1 is 1.21 bits per heavy atom. The molecule has 0 fully saturated rings. The van der Waals surface area contributed by atoms with Gasteiger partial charge in [-0.05, 0) is 18.2 Å². The van der Waals surface area contributed by atoms with Gasteiger partial charge in [-0.15, -0.1) is 24.8 Å². The van der Waals surface area contributed by atoms with E-state index in [9.17, 15) is 0 Å². The van der Waals surface area contributed by atoms with Crippen molar-refractivity contribution in [2.24, 2.45) is 0 Å². The Morgan fingerprint density at radius 2 is 1.93 bits per heavy atom. The Morgan fingerprint density at radius 3 is 2.64 bits per heavy atom. The van der Waals surface area contributed by atoms with Crippen molar-refractivity contribution in [1.29, 1.82) is 0 Å². The first kappa shape index (κ1) is 13.5. The fraction of sp³-hybridized carbons (Fsp3) is 0. The molecule has 0 saturated carbocycles. The van der Waals surface area contributed by atoms with Crippen molar-refractivity contribution >= 4 is 57.3 Å². The van der Waals surface area contributed by atoms with Crippen LogP contribution in [-0.4, -0.2) is 4.98 Å². The molecule has 0 radical (unpaired) electrons. The van der Waals surface area contributed by atoms with Crippen molar-refractivity contribution in [2.75, 3.05) is 5.73 Å². The maximum atomic E-state index is 5.61. The molecule has 2 nitrogen and oxygen atoms in total. The van der Waals surface area contributed by atoms with Gasteiger partial charge < -0.3 is 5.73 Å². The van der Waals surface area contributed by atoms with E-state index >= 15 is 0 Å². The first-order valence-electron chi connectivity index (χ1n) is 3.57. The van der Waals surface area contributed by atoms with Gasteiger partial charge in [0.15, 0.2) is 0 Å². The molecule has 2 N–H and O–H groups in total. The molecule has 0 aliphatic heterocycles. The van der Waals surface area contributed by atoms with E-state index in [1.54, 1.807) is 6.20 Å². The first-order valence-corrected chi connectivity index (χ1v) is 4.36. The number of nitrogens with zero attached hydrogens (tertiary/aromatic N) is 1. The standard InChI is InChI=1S/C9H7BrN2.2ClH/c10-8-2-1-3-9-7(8)4-6(11)5-12-9;;/h1-5H,11H2;2*1H. The molecular weight excluding hydrogens is 287 g/mol. The quantitative estimate of drug-likeness (QED) is 0.809. The van der Waals surface area contributed by atoms with Gasteiger partial charge in [-0.25, -0.2) is 0 Å². The van der Waals surface area contributed by atoms with E-state index in [0.717, 1.165) is 15.4 Å². The van der Waals surface area contributed by atoms with E-state index in [2.05, 4.69) is 20.9 Å². The van der Waals surface area contributed by atoms with Crippen molar-refractivity contribution in [3.8, 4) is 0 Å². The summed E-state index contributed by atoms with van der Waals surface area (Å²) in [6.45, 7) is 0. The van der Waals surface area contributed by atoms with Crippen molar-refractivity contribution in [1.82, 2.24) is 4.98 Å². The topological polar surface area (TPSA) is 38.9 Å². The van der Waals surface area contributed by atoms with Crippen LogP contribution < -0.4 is 5.73 Å². The SMILES string of the molecule is Cl.Cl.Nc1cnc2cccc(Br)c2c1. The predicted octanol–water partition coefficient (Wildman–Crippen LogP) is 3.42. The molecule has 0 saturated heterocycles. The number of hydrogen-bond acceptors (Lipinski definition) is 2. The molecule has 1 aromatic heterocycles. The van der Waals surface area contributed by atoms with Gasteiger partial charge in [0.25, 0.3) is 0 Å². The second-order valence-corrected chi connectivity index (χ2v) is 3.43. The molecule has 76 valence electrons. The van der Waals surface area contributed by atoms with Crippen molar-refractivity contribution in [3.05, 3.63) is 34.9 Å². The Hall–Kier alpha value is -0.510. The van der Waals surface area contributed by atoms with Gasteiger partial charge in [-0.2, -0.15) is 0 Å². The Bertz CT molecular complexity index is 434. The van der Waals surface area contributed by atoms with E-state index in [-0.39, 0.29) is 24.8 Å². The number of halogens is 3. The molecule has 1 aromatic carbocycles. The summed E-state index contributed by atoms with van der Waals surface area (Å²) in [5, 5.41) is 1.05.